The summed E-state index contributed by atoms with van der Waals surface area (Å²) in [5.41, 5.74) is 24.3. The summed E-state index contributed by atoms with van der Waals surface area (Å²) in [7, 11) is 0. The zero-order valence-electron chi connectivity index (χ0n) is 45.3. The number of benzene rings is 13. The van der Waals surface area contributed by atoms with Gasteiger partial charge in [0.15, 0.2) is 16.7 Å². The van der Waals surface area contributed by atoms with E-state index in [1.807, 2.05) is 12.1 Å². The van der Waals surface area contributed by atoms with Crippen molar-refractivity contribution in [1.29, 1.82) is 0 Å². The van der Waals surface area contributed by atoms with E-state index in [2.05, 4.69) is 289 Å². The lowest BCUT2D eigenvalue weighted by Gasteiger charge is -2.30. The zero-order chi connectivity index (χ0) is 55.0. The maximum atomic E-state index is 7.47. The second-order valence-corrected chi connectivity index (χ2v) is 22.2. The molecule has 16 aromatic rings. The molecule has 0 N–H and O–H groups in total. The molecule has 18 rings (SSSR count). The number of rotatable bonds is 8. The molecule has 0 bridgehead atoms. The van der Waals surface area contributed by atoms with Crippen molar-refractivity contribution in [2.75, 3.05) is 9.80 Å². The number of hydrogen-bond donors (Lipinski definition) is 0. The highest BCUT2D eigenvalue weighted by Gasteiger charge is 2.52. The van der Waals surface area contributed by atoms with Gasteiger partial charge in [-0.05, 0) is 133 Å². The number of nitrogens with zero attached hydrogens (tertiary/aromatic N) is 2. The van der Waals surface area contributed by atoms with Gasteiger partial charge in [0, 0.05) is 49.4 Å². The molecule has 1 spiro atoms. The van der Waals surface area contributed by atoms with Crippen LogP contribution in [0.4, 0.5) is 34.1 Å². The highest BCUT2D eigenvalue weighted by atomic mass is 16.3. The SMILES string of the molecule is c1ccc(-c2ccc(N(c3cc(-c4ccccc4)cc(N(c4cccc5c4oc4ccccc45)c4cccc5c4oc4ccc6c(c45)-c4ccccc4C64c5ccccc5-c5ccccc54)c3)c3cccc4c3oc3ccccc34)cc2)cc1. The molecule has 2 aliphatic carbocycles. The van der Waals surface area contributed by atoms with Gasteiger partial charge in [-0.15, -0.1) is 0 Å². The number of hydrogen-bond acceptors (Lipinski definition) is 5. The quantitative estimate of drug-likeness (QED) is 0.152. The van der Waals surface area contributed by atoms with E-state index in [4.69, 9.17) is 13.3 Å². The van der Waals surface area contributed by atoms with E-state index in [-0.39, 0.29) is 0 Å². The summed E-state index contributed by atoms with van der Waals surface area (Å²) in [6.07, 6.45) is 0. The van der Waals surface area contributed by atoms with Gasteiger partial charge in [0.05, 0.1) is 22.5 Å². The Kier molecular flexibility index (Phi) is 9.95. The standard InChI is InChI=1S/C79H48N2O3/c1-3-20-49(21-4-1)51-40-42-53(43-41-51)80(68-35-17-29-60-58-26-10-15-38-71(58)82-76(60)68)54-46-52(50-22-5-2-6-23-50)47-55(48-54)81(69-36-18-30-61-59-27-11-16-39-72(59)83-77(61)69)70-37-19-31-63-75-73(84-78(63)70)45-44-67-74(75)62-28-9-14-34-66(62)79(67)64-32-12-7-24-56(64)57-25-8-13-33-65(57)79/h1-48H. The zero-order valence-corrected chi connectivity index (χ0v) is 45.3. The summed E-state index contributed by atoms with van der Waals surface area (Å²) in [4.78, 5) is 4.72. The third-order valence-electron chi connectivity index (χ3n) is 17.8. The van der Waals surface area contributed by atoms with Crippen molar-refractivity contribution in [3.63, 3.8) is 0 Å². The normalized spacial score (nSPS) is 12.9. The van der Waals surface area contributed by atoms with Gasteiger partial charge in [-0.1, -0.05) is 224 Å². The maximum Gasteiger partial charge on any atom is 0.159 e. The monoisotopic (exact) mass is 1070 g/mol. The molecular formula is C79H48N2O3. The Bertz CT molecular complexity index is 5290. The van der Waals surface area contributed by atoms with Crippen molar-refractivity contribution in [2.45, 2.75) is 5.41 Å². The van der Waals surface area contributed by atoms with Gasteiger partial charge in [-0.2, -0.15) is 0 Å². The van der Waals surface area contributed by atoms with E-state index in [1.54, 1.807) is 0 Å². The first kappa shape index (κ1) is 46.6. The summed E-state index contributed by atoms with van der Waals surface area (Å²) >= 11 is 0. The first-order valence-corrected chi connectivity index (χ1v) is 28.7. The minimum Gasteiger partial charge on any atom is -0.454 e. The van der Waals surface area contributed by atoms with E-state index in [1.165, 1.54) is 44.5 Å². The number of anilines is 6. The molecular weight excluding hydrogens is 1020 g/mol. The first-order valence-electron chi connectivity index (χ1n) is 28.7. The number of fused-ring (bicyclic) bond motifs is 20. The van der Waals surface area contributed by atoms with Crippen LogP contribution in [0, 0.1) is 0 Å². The molecule has 3 aromatic heterocycles. The van der Waals surface area contributed by atoms with E-state index in [9.17, 15) is 0 Å². The minimum absolute atomic E-state index is 0.508. The molecule has 5 nitrogen and oxygen atoms in total. The van der Waals surface area contributed by atoms with Crippen molar-refractivity contribution in [3.8, 4) is 44.5 Å². The largest absolute Gasteiger partial charge is 0.454 e. The molecule has 0 saturated heterocycles. The fourth-order valence-corrected chi connectivity index (χ4v) is 14.4. The predicted octanol–water partition coefficient (Wildman–Crippen LogP) is 22.0. The van der Waals surface area contributed by atoms with Gasteiger partial charge >= 0.3 is 0 Å². The molecule has 0 radical (unpaired) electrons. The van der Waals surface area contributed by atoms with Crippen LogP contribution >= 0.6 is 0 Å². The van der Waals surface area contributed by atoms with E-state index in [0.717, 1.165) is 122 Å². The first-order chi connectivity index (χ1) is 41.7. The van der Waals surface area contributed by atoms with Crippen molar-refractivity contribution >= 4 is 99.9 Å². The fourth-order valence-electron chi connectivity index (χ4n) is 14.4. The van der Waals surface area contributed by atoms with E-state index < -0.39 is 5.41 Å². The number of para-hydroxylation sites is 5. The summed E-state index contributed by atoms with van der Waals surface area (Å²) < 4.78 is 21.4. The number of furan rings is 3. The lowest BCUT2D eigenvalue weighted by Crippen LogP contribution is -2.25. The van der Waals surface area contributed by atoms with Crippen molar-refractivity contribution in [2.24, 2.45) is 0 Å². The lowest BCUT2D eigenvalue weighted by molar-refractivity contribution is 0.666. The highest BCUT2D eigenvalue weighted by Crippen LogP contribution is 2.64. The molecule has 5 heteroatoms. The van der Waals surface area contributed by atoms with Crippen LogP contribution in [-0.4, -0.2) is 0 Å². The van der Waals surface area contributed by atoms with E-state index in [0.29, 0.717) is 0 Å². The maximum absolute atomic E-state index is 7.47. The van der Waals surface area contributed by atoms with Gasteiger partial charge in [-0.25, -0.2) is 0 Å². The van der Waals surface area contributed by atoms with Crippen LogP contribution in [0.15, 0.2) is 304 Å². The molecule has 0 unspecified atom stereocenters. The van der Waals surface area contributed by atoms with Crippen LogP contribution in [-0.2, 0) is 5.41 Å². The molecule has 13 aromatic carbocycles. The summed E-state index contributed by atoms with van der Waals surface area (Å²) in [6.45, 7) is 0. The lowest BCUT2D eigenvalue weighted by atomic mass is 9.70. The average Bonchev–Trinajstić information content (AvgIpc) is 1.54. The van der Waals surface area contributed by atoms with Gasteiger partial charge in [-0.3, -0.25) is 0 Å². The Labute approximate surface area is 483 Å². The van der Waals surface area contributed by atoms with Gasteiger partial charge in [0.2, 0.25) is 0 Å². The third kappa shape index (κ3) is 6.60. The third-order valence-corrected chi connectivity index (χ3v) is 17.8. The second-order valence-electron chi connectivity index (χ2n) is 22.2. The molecule has 0 aliphatic heterocycles. The van der Waals surface area contributed by atoms with Crippen LogP contribution in [0.3, 0.4) is 0 Å². The Morgan fingerprint density at radius 2 is 0.679 bits per heavy atom. The van der Waals surface area contributed by atoms with E-state index >= 15 is 0 Å². The Balaban J connectivity index is 0.922. The average molecular weight is 1070 g/mol. The highest BCUT2D eigenvalue weighted by molar-refractivity contribution is 6.20. The minimum atomic E-state index is -0.508. The van der Waals surface area contributed by atoms with Crippen LogP contribution in [0.25, 0.3) is 110 Å². The molecule has 3 heterocycles. The molecule has 0 atom stereocenters. The van der Waals surface area contributed by atoms with Crippen LogP contribution in [0.1, 0.15) is 22.3 Å². The van der Waals surface area contributed by atoms with Crippen LogP contribution in [0.5, 0.6) is 0 Å². The molecule has 84 heavy (non-hydrogen) atoms. The Morgan fingerprint density at radius 3 is 1.27 bits per heavy atom. The van der Waals surface area contributed by atoms with Crippen LogP contribution < -0.4 is 9.80 Å². The molecule has 0 saturated carbocycles. The Hall–Kier alpha value is -11.1. The smallest absolute Gasteiger partial charge is 0.159 e. The summed E-state index contributed by atoms with van der Waals surface area (Å²) in [5.74, 6) is 0. The van der Waals surface area contributed by atoms with Crippen molar-refractivity contribution in [1.82, 2.24) is 0 Å². The predicted molar refractivity (Wildman–Crippen MR) is 345 cm³/mol. The van der Waals surface area contributed by atoms with Crippen LogP contribution in [0.2, 0.25) is 0 Å². The summed E-state index contributed by atoms with van der Waals surface area (Å²) in [5, 5.41) is 6.32. The molecule has 2 aliphatic rings. The van der Waals surface area contributed by atoms with Gasteiger partial charge < -0.3 is 23.1 Å². The topological polar surface area (TPSA) is 45.9 Å². The van der Waals surface area contributed by atoms with Gasteiger partial charge in [0.25, 0.3) is 0 Å². The Morgan fingerprint density at radius 1 is 0.250 bits per heavy atom. The van der Waals surface area contributed by atoms with Crippen molar-refractivity contribution < 1.29 is 13.3 Å². The summed E-state index contributed by atoms with van der Waals surface area (Å²) in [6, 6.07) is 105. The second kappa shape index (κ2) is 17.9. The van der Waals surface area contributed by atoms with Crippen molar-refractivity contribution in [3.05, 3.63) is 313 Å². The molecule has 0 amide bonds. The molecule has 392 valence electrons. The fraction of sp³-hybridized carbons (Fsp3) is 0.0127. The molecule has 0 fully saturated rings. The van der Waals surface area contributed by atoms with Gasteiger partial charge in [0.1, 0.15) is 16.7 Å².